The third kappa shape index (κ3) is 2.55. The van der Waals surface area contributed by atoms with E-state index < -0.39 is 6.10 Å². The Morgan fingerprint density at radius 3 is 2.64 bits per heavy atom. The highest BCUT2D eigenvalue weighted by molar-refractivity contribution is 6.31. The van der Waals surface area contributed by atoms with Gasteiger partial charge in [0.1, 0.15) is 17.2 Å². The fourth-order valence-corrected chi connectivity index (χ4v) is 3.08. The van der Waals surface area contributed by atoms with E-state index in [9.17, 15) is 4.79 Å². The van der Waals surface area contributed by atoms with E-state index >= 15 is 0 Å². The number of rotatable bonds is 3. The van der Waals surface area contributed by atoms with Crippen LogP contribution in [0.2, 0.25) is 5.02 Å². The van der Waals surface area contributed by atoms with Gasteiger partial charge in [-0.3, -0.25) is 4.79 Å². The molecule has 0 aromatic heterocycles. The SMILES string of the molecule is COc1ccc(C2OC3=C(Nc4ccc(Cl)cc4N3)C2=O)c(OC)c1. The lowest BCUT2D eigenvalue weighted by atomic mass is 10.0. The lowest BCUT2D eigenvalue weighted by Gasteiger charge is -2.20. The van der Waals surface area contributed by atoms with Crippen LogP contribution < -0.4 is 20.1 Å². The summed E-state index contributed by atoms with van der Waals surface area (Å²) in [7, 11) is 3.11. The van der Waals surface area contributed by atoms with Crippen LogP contribution in [0.5, 0.6) is 11.5 Å². The van der Waals surface area contributed by atoms with Crippen LogP contribution in [0.25, 0.3) is 0 Å². The average Bonchev–Trinajstić information content (AvgIpc) is 2.95. The van der Waals surface area contributed by atoms with Crippen LogP contribution in [0, 0.1) is 0 Å². The maximum absolute atomic E-state index is 12.8. The van der Waals surface area contributed by atoms with E-state index in [1.54, 1.807) is 44.6 Å². The molecular weight excluding hydrogens is 344 g/mol. The molecule has 7 heteroatoms. The Balaban J connectivity index is 1.66. The standard InChI is InChI=1S/C18H15ClN2O4/c1-23-10-4-5-11(14(8-10)24-2)17-16(22)15-18(25-17)21-13-7-9(19)3-6-12(13)20-15/h3-8,17,20-21H,1-2H3. The Bertz CT molecular complexity index is 910. The molecule has 6 nitrogen and oxygen atoms in total. The second kappa shape index (κ2) is 5.89. The highest BCUT2D eigenvalue weighted by Crippen LogP contribution is 2.42. The number of ether oxygens (including phenoxy) is 3. The number of hydrogen-bond acceptors (Lipinski definition) is 6. The molecule has 2 heterocycles. The van der Waals surface area contributed by atoms with Crippen LogP contribution in [-0.4, -0.2) is 20.0 Å². The number of ketones is 1. The molecule has 1 unspecified atom stereocenters. The number of fused-ring (bicyclic) bond motifs is 1. The third-order valence-electron chi connectivity index (χ3n) is 4.16. The van der Waals surface area contributed by atoms with Gasteiger partial charge in [-0.05, 0) is 30.3 Å². The average molecular weight is 359 g/mol. The van der Waals surface area contributed by atoms with Gasteiger partial charge < -0.3 is 24.8 Å². The highest BCUT2D eigenvalue weighted by atomic mass is 35.5. The molecule has 0 radical (unpaired) electrons. The second-order valence-electron chi connectivity index (χ2n) is 5.61. The Labute approximate surface area is 149 Å². The molecule has 4 rings (SSSR count). The topological polar surface area (TPSA) is 68.8 Å². The summed E-state index contributed by atoms with van der Waals surface area (Å²) < 4.78 is 16.5. The predicted molar refractivity (Wildman–Crippen MR) is 94.1 cm³/mol. The molecule has 2 aromatic carbocycles. The normalized spacial score (nSPS) is 17.9. The van der Waals surface area contributed by atoms with E-state index in [0.29, 0.717) is 33.7 Å². The number of benzene rings is 2. The molecule has 0 amide bonds. The van der Waals surface area contributed by atoms with Crippen molar-refractivity contribution in [1.82, 2.24) is 0 Å². The summed E-state index contributed by atoms with van der Waals surface area (Å²) in [5.74, 6) is 1.37. The summed E-state index contributed by atoms with van der Waals surface area (Å²) in [4.78, 5) is 12.8. The minimum absolute atomic E-state index is 0.174. The van der Waals surface area contributed by atoms with Crippen LogP contribution in [0.15, 0.2) is 48.0 Å². The minimum atomic E-state index is -0.796. The maximum Gasteiger partial charge on any atom is 0.229 e. The van der Waals surface area contributed by atoms with Crippen molar-refractivity contribution in [2.24, 2.45) is 0 Å². The van der Waals surface area contributed by atoms with Gasteiger partial charge in [-0.1, -0.05) is 11.6 Å². The number of halogens is 1. The minimum Gasteiger partial charge on any atom is -0.497 e. The van der Waals surface area contributed by atoms with Crippen LogP contribution in [-0.2, 0) is 9.53 Å². The van der Waals surface area contributed by atoms with Gasteiger partial charge in [0.2, 0.25) is 11.7 Å². The van der Waals surface area contributed by atoms with Crippen molar-refractivity contribution in [1.29, 1.82) is 0 Å². The molecule has 0 saturated carbocycles. The first kappa shape index (κ1) is 15.7. The van der Waals surface area contributed by atoms with E-state index in [0.717, 1.165) is 11.4 Å². The lowest BCUT2D eigenvalue weighted by Crippen LogP contribution is -2.18. The largest absolute Gasteiger partial charge is 0.497 e. The Morgan fingerprint density at radius 1 is 1.04 bits per heavy atom. The Morgan fingerprint density at radius 2 is 1.88 bits per heavy atom. The van der Waals surface area contributed by atoms with Crippen molar-refractivity contribution in [3.05, 3.63) is 58.6 Å². The summed E-state index contributed by atoms with van der Waals surface area (Å²) in [6.45, 7) is 0. The third-order valence-corrected chi connectivity index (χ3v) is 4.39. The fourth-order valence-electron chi connectivity index (χ4n) is 2.91. The fraction of sp³-hybridized carbons (Fsp3) is 0.167. The molecule has 25 heavy (non-hydrogen) atoms. The van der Waals surface area contributed by atoms with Gasteiger partial charge in [0.05, 0.1) is 25.6 Å². The molecule has 0 fully saturated rings. The van der Waals surface area contributed by atoms with E-state index in [2.05, 4.69) is 10.6 Å². The molecule has 0 aliphatic carbocycles. The van der Waals surface area contributed by atoms with Crippen molar-refractivity contribution in [2.75, 3.05) is 24.9 Å². The molecular formula is C18H15ClN2O4. The van der Waals surface area contributed by atoms with Crippen molar-refractivity contribution in [3.63, 3.8) is 0 Å². The van der Waals surface area contributed by atoms with Crippen molar-refractivity contribution in [3.8, 4) is 11.5 Å². The summed E-state index contributed by atoms with van der Waals surface area (Å²) in [6, 6.07) is 10.6. The first-order valence-corrected chi connectivity index (χ1v) is 7.99. The molecule has 2 aliphatic heterocycles. The smallest absolute Gasteiger partial charge is 0.229 e. The van der Waals surface area contributed by atoms with E-state index in [-0.39, 0.29) is 5.78 Å². The van der Waals surface area contributed by atoms with E-state index in [1.807, 2.05) is 6.07 Å². The summed E-state index contributed by atoms with van der Waals surface area (Å²) in [6.07, 6.45) is -0.796. The molecule has 0 bridgehead atoms. The number of carbonyl (C=O) groups excluding carboxylic acids is 1. The van der Waals surface area contributed by atoms with Gasteiger partial charge >= 0.3 is 0 Å². The van der Waals surface area contributed by atoms with Crippen LogP contribution >= 0.6 is 11.6 Å². The quantitative estimate of drug-likeness (QED) is 0.871. The lowest BCUT2D eigenvalue weighted by molar-refractivity contribution is -0.121. The molecule has 1 atom stereocenters. The van der Waals surface area contributed by atoms with Crippen LogP contribution in [0.3, 0.4) is 0 Å². The number of methoxy groups -OCH3 is 2. The van der Waals surface area contributed by atoms with Crippen LogP contribution in [0.1, 0.15) is 11.7 Å². The number of nitrogens with one attached hydrogen (secondary N) is 2. The molecule has 2 aromatic rings. The van der Waals surface area contributed by atoms with Crippen LogP contribution in [0.4, 0.5) is 11.4 Å². The number of hydrogen-bond donors (Lipinski definition) is 2. The zero-order valence-corrected chi connectivity index (χ0v) is 14.3. The van der Waals surface area contributed by atoms with Crippen molar-refractivity contribution >= 4 is 28.8 Å². The monoisotopic (exact) mass is 358 g/mol. The molecule has 2 N–H and O–H groups in total. The number of Topliss-reactive ketones (excluding diaryl/α,β-unsaturated/α-hetero) is 1. The summed E-state index contributed by atoms with van der Waals surface area (Å²) in [5, 5.41) is 6.82. The molecule has 0 saturated heterocycles. The number of anilines is 2. The van der Waals surface area contributed by atoms with Crippen molar-refractivity contribution in [2.45, 2.75) is 6.10 Å². The Kier molecular flexibility index (Phi) is 3.69. The van der Waals surface area contributed by atoms with Gasteiger partial charge in [0.25, 0.3) is 0 Å². The first-order chi connectivity index (χ1) is 12.1. The number of carbonyl (C=O) groups is 1. The second-order valence-corrected chi connectivity index (χ2v) is 6.05. The molecule has 2 aliphatic rings. The predicted octanol–water partition coefficient (Wildman–Crippen LogP) is 3.70. The van der Waals surface area contributed by atoms with Gasteiger partial charge in [0, 0.05) is 16.7 Å². The zero-order valence-electron chi connectivity index (χ0n) is 13.6. The maximum atomic E-state index is 12.8. The highest BCUT2D eigenvalue weighted by Gasteiger charge is 2.40. The summed E-state index contributed by atoms with van der Waals surface area (Å²) in [5.41, 5.74) is 2.54. The summed E-state index contributed by atoms with van der Waals surface area (Å²) >= 11 is 6.02. The Hall–Kier alpha value is -2.86. The first-order valence-electron chi connectivity index (χ1n) is 7.61. The zero-order chi connectivity index (χ0) is 17.6. The van der Waals surface area contributed by atoms with Gasteiger partial charge in [-0.2, -0.15) is 0 Å². The van der Waals surface area contributed by atoms with Crippen molar-refractivity contribution < 1.29 is 19.0 Å². The van der Waals surface area contributed by atoms with Gasteiger partial charge in [-0.25, -0.2) is 0 Å². The van der Waals surface area contributed by atoms with E-state index in [4.69, 9.17) is 25.8 Å². The molecule has 128 valence electrons. The molecule has 0 spiro atoms. The van der Waals surface area contributed by atoms with Gasteiger partial charge in [-0.15, -0.1) is 0 Å². The van der Waals surface area contributed by atoms with Gasteiger partial charge in [0.15, 0.2) is 6.10 Å². The van der Waals surface area contributed by atoms with E-state index in [1.165, 1.54) is 0 Å².